The molecule has 8 heteroatoms. The van der Waals surface area contributed by atoms with Crippen LogP contribution in [-0.2, 0) is 16.9 Å². The minimum absolute atomic E-state index is 0.0760. The summed E-state index contributed by atoms with van der Waals surface area (Å²) in [5, 5.41) is 3.04. The molecule has 1 atom stereocenters. The van der Waals surface area contributed by atoms with E-state index in [1.54, 1.807) is 25.2 Å². The van der Waals surface area contributed by atoms with Crippen LogP contribution in [0, 0.1) is 5.82 Å². The highest BCUT2D eigenvalue weighted by Crippen LogP contribution is 2.30. The third kappa shape index (κ3) is 3.24. The van der Waals surface area contributed by atoms with E-state index >= 15 is 0 Å². The van der Waals surface area contributed by atoms with E-state index in [1.165, 1.54) is 17.0 Å². The first-order valence-corrected chi connectivity index (χ1v) is 9.12. The summed E-state index contributed by atoms with van der Waals surface area (Å²) in [6.45, 7) is 0.390. The van der Waals surface area contributed by atoms with Crippen molar-refractivity contribution in [2.45, 2.75) is 12.1 Å². The lowest BCUT2D eigenvalue weighted by Gasteiger charge is -2.35. The second kappa shape index (κ2) is 7.38. The zero-order valence-corrected chi connectivity index (χ0v) is 16.4. The summed E-state index contributed by atoms with van der Waals surface area (Å²) in [7, 11) is 1.65. The predicted molar refractivity (Wildman–Crippen MR) is 103 cm³/mol. The molecule has 0 fully saturated rings. The van der Waals surface area contributed by atoms with E-state index in [9.17, 15) is 14.0 Å². The standard InChI is InChI=1S/C18H17BrFN3O2S/c1-21-18(17(25)22-26,12-3-5-13(19)6-4-12)10-23-9-11-2-7-14(20)8-15(11)16(23)24/h2-8,21,26H,9-10H2,1H3,(H,22,25). The van der Waals surface area contributed by atoms with E-state index in [0.29, 0.717) is 17.7 Å². The predicted octanol–water partition coefficient (Wildman–Crippen LogP) is 2.62. The first-order chi connectivity index (χ1) is 12.4. The van der Waals surface area contributed by atoms with E-state index in [-0.39, 0.29) is 18.4 Å². The second-order valence-electron chi connectivity index (χ2n) is 6.07. The Morgan fingerprint density at radius 2 is 2.00 bits per heavy atom. The second-order valence-corrected chi connectivity index (χ2v) is 7.21. The highest BCUT2D eigenvalue weighted by molar-refractivity contribution is 9.10. The Hall–Kier alpha value is -1.90. The SMILES string of the molecule is CNC(CN1Cc2ccc(F)cc2C1=O)(C(=O)NS)c1ccc(Br)cc1. The average Bonchev–Trinajstić information content (AvgIpc) is 2.95. The van der Waals surface area contributed by atoms with Crippen LogP contribution in [0.25, 0.3) is 0 Å². The monoisotopic (exact) mass is 437 g/mol. The van der Waals surface area contributed by atoms with Gasteiger partial charge in [0.25, 0.3) is 11.8 Å². The molecule has 136 valence electrons. The quantitative estimate of drug-likeness (QED) is 0.630. The maximum absolute atomic E-state index is 13.5. The Balaban J connectivity index is 1.98. The maximum atomic E-state index is 13.5. The molecule has 3 rings (SSSR count). The number of nitrogens with one attached hydrogen (secondary N) is 2. The van der Waals surface area contributed by atoms with Crippen molar-refractivity contribution in [3.05, 3.63) is 69.4 Å². The van der Waals surface area contributed by atoms with Gasteiger partial charge in [0.2, 0.25) is 0 Å². The van der Waals surface area contributed by atoms with Gasteiger partial charge in [0.15, 0.2) is 0 Å². The van der Waals surface area contributed by atoms with Crippen molar-refractivity contribution in [2.75, 3.05) is 13.6 Å². The Morgan fingerprint density at radius 1 is 1.31 bits per heavy atom. The molecule has 2 N–H and O–H groups in total. The van der Waals surface area contributed by atoms with Crippen LogP contribution in [0.2, 0.25) is 0 Å². The summed E-state index contributed by atoms with van der Waals surface area (Å²) in [5.74, 6) is -1.15. The van der Waals surface area contributed by atoms with Crippen molar-refractivity contribution in [3.8, 4) is 0 Å². The van der Waals surface area contributed by atoms with Gasteiger partial charge in [-0.05, 0) is 42.4 Å². The third-order valence-electron chi connectivity index (χ3n) is 4.63. The van der Waals surface area contributed by atoms with Gasteiger partial charge in [-0.3, -0.25) is 9.59 Å². The number of fused-ring (bicyclic) bond motifs is 1. The Morgan fingerprint density at radius 3 is 2.62 bits per heavy atom. The smallest absolute Gasteiger partial charge is 0.256 e. The lowest BCUT2D eigenvalue weighted by atomic mass is 9.88. The first kappa shape index (κ1) is 18.9. The number of benzene rings is 2. The average molecular weight is 438 g/mol. The van der Waals surface area contributed by atoms with Gasteiger partial charge in [-0.25, -0.2) is 4.39 Å². The molecule has 0 saturated heterocycles. The number of nitrogens with zero attached hydrogens (tertiary/aromatic N) is 1. The van der Waals surface area contributed by atoms with Crippen molar-refractivity contribution in [2.24, 2.45) is 0 Å². The van der Waals surface area contributed by atoms with Gasteiger partial charge in [0, 0.05) is 16.6 Å². The molecule has 1 heterocycles. The number of amides is 2. The molecule has 0 aliphatic carbocycles. The summed E-state index contributed by atoms with van der Waals surface area (Å²) in [6, 6.07) is 11.4. The van der Waals surface area contributed by atoms with Crippen LogP contribution < -0.4 is 10.0 Å². The molecule has 5 nitrogen and oxygen atoms in total. The maximum Gasteiger partial charge on any atom is 0.256 e. The molecule has 2 aromatic carbocycles. The number of likely N-dealkylation sites (N-methyl/N-ethyl adjacent to an activating group) is 1. The Kier molecular flexibility index (Phi) is 5.36. The number of hydrogen-bond donors (Lipinski definition) is 3. The van der Waals surface area contributed by atoms with Crippen molar-refractivity contribution in [1.29, 1.82) is 0 Å². The molecule has 1 aliphatic heterocycles. The number of hydrogen-bond acceptors (Lipinski definition) is 4. The van der Waals surface area contributed by atoms with E-state index in [0.717, 1.165) is 10.0 Å². The van der Waals surface area contributed by atoms with Crippen LogP contribution in [-0.4, -0.2) is 30.3 Å². The fraction of sp³-hybridized carbons (Fsp3) is 0.222. The van der Waals surface area contributed by atoms with Gasteiger partial charge in [-0.15, -0.1) is 0 Å². The molecule has 2 amide bonds. The van der Waals surface area contributed by atoms with Gasteiger partial charge < -0.3 is 14.9 Å². The van der Waals surface area contributed by atoms with E-state index < -0.39 is 11.4 Å². The van der Waals surface area contributed by atoms with Crippen LogP contribution in [0.4, 0.5) is 4.39 Å². The van der Waals surface area contributed by atoms with Crippen LogP contribution >= 0.6 is 28.7 Å². The molecule has 0 saturated carbocycles. The minimum atomic E-state index is -1.20. The molecule has 0 spiro atoms. The molecule has 0 radical (unpaired) electrons. The Labute approximate surface area is 164 Å². The summed E-state index contributed by atoms with van der Waals surface area (Å²) in [4.78, 5) is 27.0. The van der Waals surface area contributed by atoms with Crippen LogP contribution in [0.1, 0.15) is 21.5 Å². The van der Waals surface area contributed by atoms with Crippen LogP contribution in [0.5, 0.6) is 0 Å². The fourth-order valence-corrected chi connectivity index (χ4v) is 3.66. The molecular weight excluding hydrogens is 421 g/mol. The summed E-state index contributed by atoms with van der Waals surface area (Å²) in [6.07, 6.45) is 0. The first-order valence-electron chi connectivity index (χ1n) is 7.88. The molecule has 26 heavy (non-hydrogen) atoms. The highest BCUT2D eigenvalue weighted by atomic mass is 79.9. The van der Waals surface area contributed by atoms with Gasteiger partial charge in [-0.2, -0.15) is 0 Å². The number of rotatable bonds is 5. The van der Waals surface area contributed by atoms with Crippen molar-refractivity contribution in [1.82, 2.24) is 14.9 Å². The normalized spacial score (nSPS) is 15.5. The largest absolute Gasteiger partial charge is 0.332 e. The third-order valence-corrected chi connectivity index (χ3v) is 5.36. The molecule has 2 aromatic rings. The van der Waals surface area contributed by atoms with Crippen molar-refractivity contribution in [3.63, 3.8) is 0 Å². The fourth-order valence-electron chi connectivity index (χ4n) is 3.21. The zero-order valence-electron chi connectivity index (χ0n) is 13.9. The summed E-state index contributed by atoms with van der Waals surface area (Å²) in [5.41, 5.74) is 0.559. The number of carbonyl (C=O) groups excluding carboxylic acids is 2. The molecule has 0 bridgehead atoms. The van der Waals surface area contributed by atoms with Crippen LogP contribution in [0.15, 0.2) is 46.9 Å². The van der Waals surface area contributed by atoms with E-state index in [2.05, 4.69) is 38.8 Å². The number of thiol groups is 1. The number of halogens is 2. The summed E-state index contributed by atoms with van der Waals surface area (Å²) < 4.78 is 16.7. The highest BCUT2D eigenvalue weighted by Gasteiger charge is 2.43. The minimum Gasteiger partial charge on any atom is -0.332 e. The van der Waals surface area contributed by atoms with Crippen molar-refractivity contribution < 1.29 is 14.0 Å². The molecule has 1 unspecified atom stereocenters. The van der Waals surface area contributed by atoms with Gasteiger partial charge in [0.1, 0.15) is 11.4 Å². The Bertz CT molecular complexity index is 862. The summed E-state index contributed by atoms with van der Waals surface area (Å²) >= 11 is 7.29. The molecule has 0 aromatic heterocycles. The van der Waals surface area contributed by atoms with Crippen molar-refractivity contribution >= 4 is 40.6 Å². The zero-order chi connectivity index (χ0) is 18.9. The molecule has 1 aliphatic rings. The van der Waals surface area contributed by atoms with E-state index in [1.807, 2.05) is 12.1 Å². The lowest BCUT2D eigenvalue weighted by Crippen LogP contribution is -2.57. The van der Waals surface area contributed by atoms with Gasteiger partial charge in [-0.1, -0.05) is 46.9 Å². The topological polar surface area (TPSA) is 61.4 Å². The van der Waals surface area contributed by atoms with Gasteiger partial charge in [0.05, 0.1) is 6.54 Å². The number of carbonyl (C=O) groups is 2. The lowest BCUT2D eigenvalue weighted by molar-refractivity contribution is -0.126. The molecular formula is C18H17BrFN3O2S. The van der Waals surface area contributed by atoms with Gasteiger partial charge >= 0.3 is 0 Å². The van der Waals surface area contributed by atoms with E-state index in [4.69, 9.17) is 0 Å². The van der Waals surface area contributed by atoms with Crippen LogP contribution in [0.3, 0.4) is 0 Å².